The van der Waals surface area contributed by atoms with E-state index in [1.54, 1.807) is 19.3 Å². The van der Waals surface area contributed by atoms with Gasteiger partial charge in [0, 0.05) is 18.1 Å². The van der Waals surface area contributed by atoms with E-state index < -0.39 is 0 Å². The van der Waals surface area contributed by atoms with E-state index in [9.17, 15) is 4.79 Å². The van der Waals surface area contributed by atoms with Crippen LogP contribution in [0.2, 0.25) is 0 Å². The maximum Gasteiger partial charge on any atom is 0.293 e. The molecule has 0 spiro atoms. The lowest BCUT2D eigenvalue weighted by Gasteiger charge is -1.99. The molecule has 1 aromatic heterocycles. The molecule has 2 N–H and O–H groups in total. The molecule has 1 heterocycles. The third kappa shape index (κ3) is 4.45. The first-order valence-corrected chi connectivity index (χ1v) is 4.35. The Morgan fingerprint density at radius 3 is 2.14 bits per heavy atom. The summed E-state index contributed by atoms with van der Waals surface area (Å²) in [6, 6.07) is 0. The van der Waals surface area contributed by atoms with Gasteiger partial charge in [-0.1, -0.05) is 0 Å². The van der Waals surface area contributed by atoms with E-state index in [4.69, 9.17) is 5.73 Å². The van der Waals surface area contributed by atoms with Crippen molar-refractivity contribution >= 4 is 12.2 Å². The van der Waals surface area contributed by atoms with Crippen LogP contribution >= 0.6 is 0 Å². The SMILES string of the molecule is CCOC=O.Cc1cncc(C)c1N. The van der Waals surface area contributed by atoms with Gasteiger partial charge >= 0.3 is 0 Å². The molecular weight excluding hydrogens is 180 g/mol. The summed E-state index contributed by atoms with van der Waals surface area (Å²) >= 11 is 0. The van der Waals surface area contributed by atoms with Crippen LogP contribution in [0.5, 0.6) is 0 Å². The molecule has 4 heteroatoms. The first-order chi connectivity index (χ1) is 6.63. The van der Waals surface area contributed by atoms with Crippen LogP contribution in [0.1, 0.15) is 18.1 Å². The van der Waals surface area contributed by atoms with E-state index in [1.165, 1.54) is 0 Å². The topological polar surface area (TPSA) is 65.2 Å². The second-order valence-electron chi connectivity index (χ2n) is 2.74. The quantitative estimate of drug-likeness (QED) is 0.727. The highest BCUT2D eigenvalue weighted by Crippen LogP contribution is 2.11. The number of anilines is 1. The highest BCUT2D eigenvalue weighted by molar-refractivity contribution is 5.50. The predicted octanol–water partition coefficient (Wildman–Crippen LogP) is 1.46. The summed E-state index contributed by atoms with van der Waals surface area (Å²) in [6.07, 6.45) is 3.53. The van der Waals surface area contributed by atoms with E-state index in [0.717, 1.165) is 16.8 Å². The van der Waals surface area contributed by atoms with Crippen molar-refractivity contribution in [2.24, 2.45) is 0 Å². The number of aryl methyl sites for hydroxylation is 2. The van der Waals surface area contributed by atoms with Crippen molar-refractivity contribution in [3.63, 3.8) is 0 Å². The maximum absolute atomic E-state index is 9.18. The summed E-state index contributed by atoms with van der Waals surface area (Å²) in [5.41, 5.74) is 8.60. The van der Waals surface area contributed by atoms with Crippen LogP contribution in [-0.2, 0) is 9.53 Å². The molecule has 0 saturated carbocycles. The molecule has 0 bridgehead atoms. The molecule has 0 amide bonds. The first kappa shape index (κ1) is 12.4. The van der Waals surface area contributed by atoms with E-state index >= 15 is 0 Å². The molecular formula is C10H16N2O2. The molecule has 78 valence electrons. The maximum atomic E-state index is 9.18. The number of nitrogens with zero attached hydrogens (tertiary/aromatic N) is 1. The Morgan fingerprint density at radius 2 is 1.93 bits per heavy atom. The molecule has 0 aromatic carbocycles. The summed E-state index contributed by atoms with van der Waals surface area (Å²) in [4.78, 5) is 13.1. The number of ether oxygens (including phenoxy) is 1. The monoisotopic (exact) mass is 196 g/mol. The van der Waals surface area contributed by atoms with Gasteiger partial charge in [0.2, 0.25) is 0 Å². The fourth-order valence-corrected chi connectivity index (χ4v) is 0.779. The highest BCUT2D eigenvalue weighted by atomic mass is 16.5. The molecule has 0 aliphatic heterocycles. The van der Waals surface area contributed by atoms with Gasteiger partial charge in [0.1, 0.15) is 0 Å². The third-order valence-electron chi connectivity index (χ3n) is 1.62. The smallest absolute Gasteiger partial charge is 0.293 e. The number of pyridine rings is 1. The van der Waals surface area contributed by atoms with Gasteiger partial charge in [-0.15, -0.1) is 0 Å². The lowest BCUT2D eigenvalue weighted by atomic mass is 10.2. The van der Waals surface area contributed by atoms with Gasteiger partial charge in [0.25, 0.3) is 6.47 Å². The molecule has 0 fully saturated rings. The zero-order valence-corrected chi connectivity index (χ0v) is 8.78. The van der Waals surface area contributed by atoms with Crippen molar-refractivity contribution in [1.82, 2.24) is 4.98 Å². The van der Waals surface area contributed by atoms with Gasteiger partial charge in [-0.05, 0) is 31.9 Å². The van der Waals surface area contributed by atoms with Crippen molar-refractivity contribution in [3.8, 4) is 0 Å². The van der Waals surface area contributed by atoms with Gasteiger partial charge in [-0.2, -0.15) is 0 Å². The third-order valence-corrected chi connectivity index (χ3v) is 1.62. The molecule has 0 unspecified atom stereocenters. The lowest BCUT2D eigenvalue weighted by molar-refractivity contribution is -0.128. The largest absolute Gasteiger partial charge is 0.468 e. The second-order valence-corrected chi connectivity index (χ2v) is 2.74. The van der Waals surface area contributed by atoms with Crippen molar-refractivity contribution in [1.29, 1.82) is 0 Å². The summed E-state index contributed by atoms with van der Waals surface area (Å²) in [6.45, 7) is 6.57. The van der Waals surface area contributed by atoms with E-state index in [1.807, 2.05) is 13.8 Å². The summed E-state index contributed by atoms with van der Waals surface area (Å²) < 4.78 is 4.15. The number of hydrogen-bond donors (Lipinski definition) is 1. The molecule has 14 heavy (non-hydrogen) atoms. The number of carbonyl (C=O) groups is 1. The van der Waals surface area contributed by atoms with Crippen molar-refractivity contribution in [2.75, 3.05) is 12.3 Å². The second kappa shape index (κ2) is 6.88. The van der Waals surface area contributed by atoms with Crippen LogP contribution in [0, 0.1) is 13.8 Å². The van der Waals surface area contributed by atoms with Gasteiger partial charge < -0.3 is 10.5 Å². The van der Waals surface area contributed by atoms with Gasteiger partial charge in [-0.25, -0.2) is 0 Å². The predicted molar refractivity (Wildman–Crippen MR) is 55.8 cm³/mol. The van der Waals surface area contributed by atoms with Gasteiger partial charge in [0.15, 0.2) is 0 Å². The molecule has 0 saturated heterocycles. The number of rotatable bonds is 2. The molecule has 1 aromatic rings. The zero-order chi connectivity index (χ0) is 11.0. The Labute approximate surface area is 84.1 Å². The summed E-state index contributed by atoms with van der Waals surface area (Å²) in [5, 5.41) is 0. The minimum absolute atomic E-state index is 0.431. The van der Waals surface area contributed by atoms with Crippen LogP contribution in [0.15, 0.2) is 12.4 Å². The Bertz CT molecular complexity index is 267. The van der Waals surface area contributed by atoms with Gasteiger partial charge in [0.05, 0.1) is 6.61 Å². The fraction of sp³-hybridized carbons (Fsp3) is 0.400. The number of carbonyl (C=O) groups excluding carboxylic acids is 1. The Morgan fingerprint density at radius 1 is 1.43 bits per heavy atom. The van der Waals surface area contributed by atoms with Gasteiger partial charge in [-0.3, -0.25) is 9.78 Å². The lowest BCUT2D eigenvalue weighted by Crippen LogP contribution is -1.93. The van der Waals surface area contributed by atoms with Crippen LogP contribution in [-0.4, -0.2) is 18.1 Å². The highest BCUT2D eigenvalue weighted by Gasteiger charge is 1.93. The first-order valence-electron chi connectivity index (χ1n) is 4.35. The van der Waals surface area contributed by atoms with E-state index in [0.29, 0.717) is 13.1 Å². The average Bonchev–Trinajstić information content (AvgIpc) is 2.16. The Kier molecular flexibility index (Phi) is 6.11. The molecule has 1 rings (SSSR count). The van der Waals surface area contributed by atoms with Crippen molar-refractivity contribution < 1.29 is 9.53 Å². The molecule has 0 aliphatic rings. The van der Waals surface area contributed by atoms with Crippen molar-refractivity contribution in [3.05, 3.63) is 23.5 Å². The Balaban J connectivity index is 0.000000292. The normalized spacial score (nSPS) is 8.50. The number of aromatic nitrogens is 1. The van der Waals surface area contributed by atoms with E-state index in [2.05, 4.69) is 9.72 Å². The average molecular weight is 196 g/mol. The van der Waals surface area contributed by atoms with Crippen molar-refractivity contribution in [2.45, 2.75) is 20.8 Å². The Hall–Kier alpha value is -1.58. The molecule has 0 radical (unpaired) electrons. The molecule has 0 atom stereocenters. The minimum atomic E-state index is 0.431. The zero-order valence-electron chi connectivity index (χ0n) is 8.78. The number of nitrogens with two attached hydrogens (primary N) is 1. The molecule has 0 aliphatic carbocycles. The van der Waals surface area contributed by atoms with Crippen LogP contribution in [0.3, 0.4) is 0 Å². The van der Waals surface area contributed by atoms with Crippen LogP contribution in [0.25, 0.3) is 0 Å². The summed E-state index contributed by atoms with van der Waals surface area (Å²) in [5.74, 6) is 0. The van der Waals surface area contributed by atoms with E-state index in [-0.39, 0.29) is 0 Å². The van der Waals surface area contributed by atoms with Crippen LogP contribution in [0.4, 0.5) is 5.69 Å². The minimum Gasteiger partial charge on any atom is -0.468 e. The number of nitrogen functional groups attached to an aromatic ring is 1. The van der Waals surface area contributed by atoms with Crippen LogP contribution < -0.4 is 5.73 Å². The number of hydrogen-bond acceptors (Lipinski definition) is 4. The standard InChI is InChI=1S/C7H10N2.C3H6O2/c1-5-3-9-4-6(2)7(5)8;1-2-5-3-4/h3-4H,1-2H3,(H2,8,9);3H,2H2,1H3. The fourth-order valence-electron chi connectivity index (χ4n) is 0.779. The summed E-state index contributed by atoms with van der Waals surface area (Å²) in [7, 11) is 0. The molecule has 4 nitrogen and oxygen atoms in total.